The summed E-state index contributed by atoms with van der Waals surface area (Å²) < 4.78 is 0. The molecule has 0 heterocycles. The van der Waals surface area contributed by atoms with Crippen LogP contribution in [0, 0.1) is 5.41 Å². The zero-order valence-corrected chi connectivity index (χ0v) is 12.7. The van der Waals surface area contributed by atoms with Gasteiger partial charge >= 0.3 is 0 Å². The van der Waals surface area contributed by atoms with Crippen LogP contribution in [-0.2, 0) is 11.3 Å². The topological polar surface area (TPSA) is 46.3 Å². The summed E-state index contributed by atoms with van der Waals surface area (Å²) in [5.41, 5.74) is 6.32. The van der Waals surface area contributed by atoms with E-state index in [0.717, 1.165) is 12.0 Å². The second-order valence-corrected chi connectivity index (χ2v) is 5.50. The number of hydrogen-bond donors (Lipinski definition) is 1. The molecule has 0 bridgehead atoms. The minimum Gasteiger partial charge on any atom is -0.338 e. The van der Waals surface area contributed by atoms with Crippen molar-refractivity contribution >= 4 is 17.5 Å². The number of carbonyl (C=O) groups is 1. The van der Waals surface area contributed by atoms with E-state index >= 15 is 0 Å². The predicted molar refractivity (Wildman–Crippen MR) is 80.0 cm³/mol. The average molecular weight is 283 g/mol. The van der Waals surface area contributed by atoms with Gasteiger partial charge in [0.25, 0.3) is 0 Å². The molecule has 0 saturated heterocycles. The molecule has 4 heteroatoms. The first-order chi connectivity index (χ1) is 8.96. The van der Waals surface area contributed by atoms with Crippen molar-refractivity contribution in [2.75, 3.05) is 13.1 Å². The molecule has 1 rings (SSSR count). The summed E-state index contributed by atoms with van der Waals surface area (Å²) in [7, 11) is 0. The van der Waals surface area contributed by atoms with Crippen molar-refractivity contribution < 1.29 is 4.79 Å². The molecule has 106 valence electrons. The highest BCUT2D eigenvalue weighted by atomic mass is 35.5. The summed E-state index contributed by atoms with van der Waals surface area (Å²) in [6.07, 6.45) is 0.744. The second-order valence-electron chi connectivity index (χ2n) is 5.07. The van der Waals surface area contributed by atoms with Crippen LogP contribution in [0.4, 0.5) is 0 Å². The number of hydrogen-bond acceptors (Lipinski definition) is 2. The Morgan fingerprint density at radius 2 is 2.11 bits per heavy atom. The molecule has 1 unspecified atom stereocenters. The number of benzene rings is 1. The smallest absolute Gasteiger partial charge is 0.230 e. The minimum absolute atomic E-state index is 0.111. The van der Waals surface area contributed by atoms with E-state index in [4.69, 9.17) is 17.3 Å². The van der Waals surface area contributed by atoms with Gasteiger partial charge in [0, 0.05) is 24.7 Å². The van der Waals surface area contributed by atoms with Crippen LogP contribution >= 0.6 is 11.6 Å². The minimum atomic E-state index is -0.478. The number of halogens is 1. The van der Waals surface area contributed by atoms with E-state index in [0.29, 0.717) is 24.7 Å². The Balaban J connectivity index is 2.87. The summed E-state index contributed by atoms with van der Waals surface area (Å²) in [6.45, 7) is 7.52. The maximum absolute atomic E-state index is 12.6. The van der Waals surface area contributed by atoms with Crippen LogP contribution < -0.4 is 5.73 Å². The van der Waals surface area contributed by atoms with Gasteiger partial charge in [0.05, 0.1) is 5.41 Å². The first-order valence-electron chi connectivity index (χ1n) is 6.70. The monoisotopic (exact) mass is 282 g/mol. The molecule has 0 aliphatic rings. The third-order valence-electron chi connectivity index (χ3n) is 3.68. The van der Waals surface area contributed by atoms with Crippen LogP contribution in [0.15, 0.2) is 24.3 Å². The maximum Gasteiger partial charge on any atom is 0.230 e. The number of rotatable bonds is 6. The van der Waals surface area contributed by atoms with Crippen molar-refractivity contribution in [2.45, 2.75) is 33.7 Å². The molecule has 0 fully saturated rings. The first kappa shape index (κ1) is 16.0. The highest BCUT2D eigenvalue weighted by molar-refractivity contribution is 6.30. The van der Waals surface area contributed by atoms with E-state index in [2.05, 4.69) is 0 Å². The number of nitrogens with zero attached hydrogens (tertiary/aromatic N) is 1. The fourth-order valence-electron chi connectivity index (χ4n) is 1.95. The van der Waals surface area contributed by atoms with Gasteiger partial charge in [-0.3, -0.25) is 4.79 Å². The summed E-state index contributed by atoms with van der Waals surface area (Å²) >= 11 is 5.97. The van der Waals surface area contributed by atoms with E-state index in [1.54, 1.807) is 0 Å². The molecule has 0 aliphatic heterocycles. The second kappa shape index (κ2) is 6.92. The molecule has 1 atom stereocenters. The zero-order chi connectivity index (χ0) is 14.5. The van der Waals surface area contributed by atoms with E-state index in [9.17, 15) is 4.79 Å². The molecule has 19 heavy (non-hydrogen) atoms. The average Bonchev–Trinajstić information content (AvgIpc) is 2.43. The van der Waals surface area contributed by atoms with Crippen molar-refractivity contribution in [3.05, 3.63) is 34.9 Å². The lowest BCUT2D eigenvalue weighted by Crippen LogP contribution is -2.45. The third kappa shape index (κ3) is 3.95. The van der Waals surface area contributed by atoms with Crippen LogP contribution in [0.3, 0.4) is 0 Å². The lowest BCUT2D eigenvalue weighted by Gasteiger charge is -2.32. The van der Waals surface area contributed by atoms with E-state index < -0.39 is 5.41 Å². The van der Waals surface area contributed by atoms with Crippen molar-refractivity contribution in [1.82, 2.24) is 4.90 Å². The highest BCUT2D eigenvalue weighted by Crippen LogP contribution is 2.24. The Hall–Kier alpha value is -1.06. The normalized spacial score (nSPS) is 13.9. The standard InChI is InChI=1S/C15H23ClN2O/c1-4-15(3,11-17)14(19)18(5-2)10-12-7-6-8-13(16)9-12/h6-9H,4-5,10-11,17H2,1-3H3. The Morgan fingerprint density at radius 1 is 1.42 bits per heavy atom. The number of carbonyl (C=O) groups excluding carboxylic acids is 1. The highest BCUT2D eigenvalue weighted by Gasteiger charge is 2.33. The Bertz CT molecular complexity index is 430. The summed E-state index contributed by atoms with van der Waals surface area (Å²) in [5.74, 6) is 0.111. The van der Waals surface area contributed by atoms with Gasteiger partial charge in [-0.2, -0.15) is 0 Å². The lowest BCUT2D eigenvalue weighted by atomic mass is 9.86. The van der Waals surface area contributed by atoms with Crippen molar-refractivity contribution in [3.63, 3.8) is 0 Å². The van der Waals surface area contributed by atoms with Gasteiger partial charge in [-0.25, -0.2) is 0 Å². The van der Waals surface area contributed by atoms with Crippen molar-refractivity contribution in [2.24, 2.45) is 11.1 Å². The zero-order valence-electron chi connectivity index (χ0n) is 11.9. The Morgan fingerprint density at radius 3 is 2.58 bits per heavy atom. The first-order valence-corrected chi connectivity index (χ1v) is 7.08. The molecule has 1 aromatic rings. The van der Waals surface area contributed by atoms with Gasteiger partial charge < -0.3 is 10.6 Å². The van der Waals surface area contributed by atoms with Crippen LogP contribution in [0.2, 0.25) is 5.02 Å². The summed E-state index contributed by atoms with van der Waals surface area (Å²) in [6, 6.07) is 7.61. The van der Waals surface area contributed by atoms with Gasteiger partial charge in [-0.1, -0.05) is 30.7 Å². The van der Waals surface area contributed by atoms with Crippen LogP contribution in [-0.4, -0.2) is 23.9 Å². The van der Waals surface area contributed by atoms with Crippen molar-refractivity contribution in [1.29, 1.82) is 0 Å². The molecule has 1 aromatic carbocycles. The van der Waals surface area contributed by atoms with E-state index in [1.807, 2.05) is 49.9 Å². The molecule has 1 amide bonds. The molecule has 0 aromatic heterocycles. The van der Waals surface area contributed by atoms with Gasteiger partial charge in [-0.15, -0.1) is 0 Å². The fraction of sp³-hybridized carbons (Fsp3) is 0.533. The lowest BCUT2D eigenvalue weighted by molar-refractivity contribution is -0.141. The number of amides is 1. The molecule has 0 spiro atoms. The Kier molecular flexibility index (Phi) is 5.83. The summed E-state index contributed by atoms with van der Waals surface area (Å²) in [5, 5.41) is 0.693. The largest absolute Gasteiger partial charge is 0.338 e. The SMILES string of the molecule is CCN(Cc1cccc(Cl)c1)C(=O)C(C)(CC)CN. The molecule has 2 N–H and O–H groups in total. The van der Waals surface area contributed by atoms with E-state index in [-0.39, 0.29) is 5.91 Å². The fourth-order valence-corrected chi connectivity index (χ4v) is 2.16. The van der Waals surface area contributed by atoms with Gasteiger partial charge in [0.1, 0.15) is 0 Å². The number of nitrogens with two attached hydrogens (primary N) is 1. The molecule has 0 saturated carbocycles. The quantitative estimate of drug-likeness (QED) is 0.872. The molecule has 0 aliphatic carbocycles. The van der Waals surface area contributed by atoms with Gasteiger partial charge in [0.2, 0.25) is 5.91 Å². The van der Waals surface area contributed by atoms with Crippen LogP contribution in [0.25, 0.3) is 0 Å². The van der Waals surface area contributed by atoms with E-state index in [1.165, 1.54) is 0 Å². The predicted octanol–water partition coefficient (Wildman–Crippen LogP) is 3.06. The van der Waals surface area contributed by atoms with Crippen LogP contribution in [0.5, 0.6) is 0 Å². The molecular weight excluding hydrogens is 260 g/mol. The van der Waals surface area contributed by atoms with Gasteiger partial charge in [-0.05, 0) is 38.0 Å². The summed E-state index contributed by atoms with van der Waals surface area (Å²) in [4.78, 5) is 14.4. The molecular formula is C15H23ClN2O. The maximum atomic E-state index is 12.6. The molecule has 0 radical (unpaired) electrons. The van der Waals surface area contributed by atoms with Crippen LogP contribution in [0.1, 0.15) is 32.8 Å². The third-order valence-corrected chi connectivity index (χ3v) is 3.91. The van der Waals surface area contributed by atoms with Crippen molar-refractivity contribution in [3.8, 4) is 0 Å². The molecule has 3 nitrogen and oxygen atoms in total. The Labute approximate surface area is 120 Å². The van der Waals surface area contributed by atoms with Gasteiger partial charge in [0.15, 0.2) is 0 Å².